The summed E-state index contributed by atoms with van der Waals surface area (Å²) in [6, 6.07) is 2.59. The first-order valence-electron chi connectivity index (χ1n) is 7.07. The Balaban J connectivity index is 2.31. The number of aromatic nitrogens is 2. The Kier molecular flexibility index (Phi) is 5.41. The van der Waals surface area contributed by atoms with Gasteiger partial charge in [0.05, 0.1) is 15.9 Å². The molecule has 110 valence electrons. The highest BCUT2D eigenvalue weighted by Crippen LogP contribution is 2.30. The molecular weight excluding hydrogens is 334 g/mol. The molecule has 0 aliphatic carbocycles. The molecule has 0 amide bonds. The molecule has 1 atom stereocenters. The van der Waals surface area contributed by atoms with Gasteiger partial charge in [0.1, 0.15) is 0 Å². The number of aryl methyl sites for hydroxylation is 3. The van der Waals surface area contributed by atoms with Crippen molar-refractivity contribution in [3.8, 4) is 0 Å². The van der Waals surface area contributed by atoms with Crippen LogP contribution < -0.4 is 5.32 Å². The Morgan fingerprint density at radius 3 is 2.80 bits per heavy atom. The highest BCUT2D eigenvalue weighted by atomic mass is 79.9. The molecule has 2 aromatic heterocycles. The van der Waals surface area contributed by atoms with E-state index in [2.05, 4.69) is 63.2 Å². The lowest BCUT2D eigenvalue weighted by molar-refractivity contribution is 0.543. The highest BCUT2D eigenvalue weighted by Gasteiger charge is 2.20. The van der Waals surface area contributed by atoms with Crippen molar-refractivity contribution in [3.63, 3.8) is 0 Å². The van der Waals surface area contributed by atoms with Gasteiger partial charge in [0, 0.05) is 23.9 Å². The van der Waals surface area contributed by atoms with Crippen LogP contribution in [0.5, 0.6) is 0 Å². The van der Waals surface area contributed by atoms with Crippen molar-refractivity contribution in [3.05, 3.63) is 37.7 Å². The number of hydrogen-bond acceptors (Lipinski definition) is 3. The maximum absolute atomic E-state index is 4.59. The first-order chi connectivity index (χ1) is 9.62. The van der Waals surface area contributed by atoms with Crippen molar-refractivity contribution in [2.75, 3.05) is 7.05 Å². The molecule has 3 nitrogen and oxygen atoms in total. The van der Waals surface area contributed by atoms with Gasteiger partial charge in [-0.05, 0) is 60.3 Å². The average Bonchev–Trinajstić information content (AvgIpc) is 3.03. The minimum absolute atomic E-state index is 0.350. The summed E-state index contributed by atoms with van der Waals surface area (Å²) in [6.07, 6.45) is 2.05. The van der Waals surface area contributed by atoms with E-state index in [4.69, 9.17) is 0 Å². The third-order valence-corrected chi connectivity index (χ3v) is 5.78. The lowest BCUT2D eigenvalue weighted by Crippen LogP contribution is -2.20. The van der Waals surface area contributed by atoms with E-state index in [1.807, 2.05) is 18.4 Å². The fourth-order valence-corrected chi connectivity index (χ4v) is 4.08. The predicted molar refractivity (Wildman–Crippen MR) is 89.5 cm³/mol. The van der Waals surface area contributed by atoms with Crippen LogP contribution in [0, 0.1) is 6.92 Å². The lowest BCUT2D eigenvalue weighted by atomic mass is 10.0. The highest BCUT2D eigenvalue weighted by molar-refractivity contribution is 9.10. The number of likely N-dealkylation sites (N-methyl/N-ethyl adjacent to an activating group) is 1. The van der Waals surface area contributed by atoms with Crippen molar-refractivity contribution in [1.29, 1.82) is 0 Å². The number of nitrogens with one attached hydrogen (secondary N) is 1. The number of thiophene rings is 1. The monoisotopic (exact) mass is 355 g/mol. The van der Waals surface area contributed by atoms with Gasteiger partial charge in [0.2, 0.25) is 0 Å². The normalized spacial score (nSPS) is 12.8. The molecule has 0 spiro atoms. The molecule has 0 saturated carbocycles. The summed E-state index contributed by atoms with van der Waals surface area (Å²) in [7, 11) is 2.04. The first kappa shape index (κ1) is 15.7. The van der Waals surface area contributed by atoms with Gasteiger partial charge in [-0.2, -0.15) is 5.10 Å². The van der Waals surface area contributed by atoms with Gasteiger partial charge in [0.15, 0.2) is 0 Å². The van der Waals surface area contributed by atoms with E-state index < -0.39 is 0 Å². The second-order valence-corrected chi connectivity index (χ2v) is 6.61. The number of rotatable bonds is 6. The van der Waals surface area contributed by atoms with Crippen LogP contribution >= 0.6 is 27.3 Å². The van der Waals surface area contributed by atoms with E-state index >= 15 is 0 Å². The molecule has 20 heavy (non-hydrogen) atoms. The van der Waals surface area contributed by atoms with Crippen LogP contribution in [0.1, 0.15) is 41.7 Å². The zero-order valence-electron chi connectivity index (χ0n) is 12.5. The van der Waals surface area contributed by atoms with Crippen LogP contribution in [0.2, 0.25) is 0 Å². The van der Waals surface area contributed by atoms with Crippen molar-refractivity contribution in [1.82, 2.24) is 15.1 Å². The Morgan fingerprint density at radius 1 is 1.45 bits per heavy atom. The van der Waals surface area contributed by atoms with Gasteiger partial charge in [0.25, 0.3) is 0 Å². The molecule has 0 saturated heterocycles. The molecule has 0 aliphatic rings. The summed E-state index contributed by atoms with van der Waals surface area (Å²) in [5, 5.41) is 10.2. The molecule has 2 aromatic rings. The fourth-order valence-electron chi connectivity index (χ4n) is 2.53. The Labute approximate surface area is 133 Å². The standard InChI is InChI=1S/C15H22BrN3S/c1-5-11-7-8-20-15(11)12(17-4)9-13-14(16)10(3)18-19(13)6-2/h7-8,12,17H,5-6,9H2,1-4H3. The smallest absolute Gasteiger partial charge is 0.0738 e. The van der Waals surface area contributed by atoms with E-state index in [1.165, 1.54) is 16.1 Å². The second-order valence-electron chi connectivity index (χ2n) is 4.87. The van der Waals surface area contributed by atoms with E-state index in [1.54, 1.807) is 0 Å². The molecule has 0 radical (unpaired) electrons. The molecule has 0 aromatic carbocycles. The Morgan fingerprint density at radius 2 is 2.20 bits per heavy atom. The van der Waals surface area contributed by atoms with Crippen LogP contribution in [-0.4, -0.2) is 16.8 Å². The quantitative estimate of drug-likeness (QED) is 0.845. The van der Waals surface area contributed by atoms with E-state index in [0.717, 1.165) is 29.6 Å². The Bertz CT molecular complexity index is 574. The molecule has 1 unspecified atom stereocenters. The summed E-state index contributed by atoms with van der Waals surface area (Å²) in [6.45, 7) is 7.31. The van der Waals surface area contributed by atoms with Crippen molar-refractivity contribution >= 4 is 27.3 Å². The summed E-state index contributed by atoms with van der Waals surface area (Å²) < 4.78 is 3.25. The summed E-state index contributed by atoms with van der Waals surface area (Å²) in [5.74, 6) is 0. The summed E-state index contributed by atoms with van der Waals surface area (Å²) in [5.41, 5.74) is 3.79. The van der Waals surface area contributed by atoms with Gasteiger partial charge in [-0.25, -0.2) is 0 Å². The maximum atomic E-state index is 4.59. The number of halogens is 1. The molecular formula is C15H22BrN3S. The van der Waals surface area contributed by atoms with Crippen LogP contribution in [-0.2, 0) is 19.4 Å². The molecule has 2 heterocycles. The average molecular weight is 356 g/mol. The molecule has 0 fully saturated rings. The van der Waals surface area contributed by atoms with Gasteiger partial charge in [-0.3, -0.25) is 4.68 Å². The number of nitrogens with zero attached hydrogens (tertiary/aromatic N) is 2. The van der Waals surface area contributed by atoms with Gasteiger partial charge >= 0.3 is 0 Å². The van der Waals surface area contributed by atoms with Crippen LogP contribution in [0.4, 0.5) is 0 Å². The third-order valence-electron chi connectivity index (χ3n) is 3.68. The van der Waals surface area contributed by atoms with E-state index in [9.17, 15) is 0 Å². The van der Waals surface area contributed by atoms with Crippen molar-refractivity contribution < 1.29 is 0 Å². The van der Waals surface area contributed by atoms with Crippen LogP contribution in [0.15, 0.2) is 15.9 Å². The molecule has 5 heteroatoms. The number of hydrogen-bond donors (Lipinski definition) is 1. The van der Waals surface area contributed by atoms with E-state index in [-0.39, 0.29) is 0 Å². The zero-order chi connectivity index (χ0) is 14.7. The second kappa shape index (κ2) is 6.87. The fraction of sp³-hybridized carbons (Fsp3) is 0.533. The van der Waals surface area contributed by atoms with E-state index in [0.29, 0.717) is 6.04 Å². The third kappa shape index (κ3) is 3.00. The minimum atomic E-state index is 0.350. The topological polar surface area (TPSA) is 29.9 Å². The summed E-state index contributed by atoms with van der Waals surface area (Å²) >= 11 is 5.54. The largest absolute Gasteiger partial charge is 0.312 e. The minimum Gasteiger partial charge on any atom is -0.312 e. The van der Waals surface area contributed by atoms with Gasteiger partial charge in [-0.15, -0.1) is 11.3 Å². The van der Waals surface area contributed by atoms with Crippen molar-refractivity contribution in [2.45, 2.75) is 46.2 Å². The first-order valence-corrected chi connectivity index (χ1v) is 8.74. The van der Waals surface area contributed by atoms with Crippen LogP contribution in [0.3, 0.4) is 0 Å². The predicted octanol–water partition coefficient (Wildman–Crippen LogP) is 4.10. The summed E-state index contributed by atoms with van der Waals surface area (Å²) in [4.78, 5) is 1.45. The molecule has 2 rings (SSSR count). The maximum Gasteiger partial charge on any atom is 0.0738 e. The zero-order valence-corrected chi connectivity index (χ0v) is 14.9. The van der Waals surface area contributed by atoms with Gasteiger partial charge in [-0.1, -0.05) is 6.92 Å². The van der Waals surface area contributed by atoms with Gasteiger partial charge < -0.3 is 5.32 Å². The molecule has 1 N–H and O–H groups in total. The Hall–Kier alpha value is -0.650. The van der Waals surface area contributed by atoms with Crippen LogP contribution in [0.25, 0.3) is 0 Å². The van der Waals surface area contributed by atoms with Crippen molar-refractivity contribution in [2.24, 2.45) is 0 Å². The SMILES string of the molecule is CCc1ccsc1C(Cc1c(Br)c(C)nn1CC)NC. The lowest BCUT2D eigenvalue weighted by Gasteiger charge is -2.17. The molecule has 0 aliphatic heterocycles. The molecule has 0 bridgehead atoms.